The number of hydrogen-bond donors (Lipinski definition) is 4. The predicted molar refractivity (Wildman–Crippen MR) is 147 cm³/mol. The summed E-state index contributed by atoms with van der Waals surface area (Å²) < 4.78 is 8.06. The lowest BCUT2D eigenvalue weighted by molar-refractivity contribution is -0.132. The summed E-state index contributed by atoms with van der Waals surface area (Å²) in [6, 6.07) is 10.6. The second-order valence-electron chi connectivity index (χ2n) is 9.28. The molecule has 0 unspecified atom stereocenters. The molecule has 12 nitrogen and oxygen atoms in total. The Morgan fingerprint density at radius 3 is 2.75 bits per heavy atom. The molecule has 0 aliphatic carbocycles. The average Bonchev–Trinajstić information content (AvgIpc) is 3.41. The van der Waals surface area contributed by atoms with E-state index in [0.29, 0.717) is 45.6 Å². The van der Waals surface area contributed by atoms with Gasteiger partial charge in [0.05, 0.1) is 19.3 Å². The first-order valence-electron chi connectivity index (χ1n) is 13.1. The van der Waals surface area contributed by atoms with Gasteiger partial charge in [0, 0.05) is 56.5 Å². The zero-order chi connectivity index (χ0) is 28.7. The van der Waals surface area contributed by atoms with Crippen LogP contribution in [0, 0.1) is 0 Å². The van der Waals surface area contributed by atoms with E-state index in [2.05, 4.69) is 20.6 Å². The molecule has 1 aromatic carbocycles. The smallest absolute Gasteiger partial charge is 0.290 e. The first-order valence-corrected chi connectivity index (χ1v) is 13.1. The first-order chi connectivity index (χ1) is 19.4. The number of amides is 2. The molecule has 3 heterocycles. The number of benzene rings is 1. The topological polar surface area (TPSA) is 159 Å². The lowest BCUT2D eigenvalue weighted by Gasteiger charge is -2.25. The molecule has 1 aliphatic heterocycles. The molecular weight excluding hydrogens is 516 g/mol. The maximum Gasteiger partial charge on any atom is 0.290 e. The van der Waals surface area contributed by atoms with Crippen molar-refractivity contribution >= 4 is 18.3 Å². The molecule has 2 atom stereocenters. The van der Waals surface area contributed by atoms with Crippen LogP contribution in [-0.2, 0) is 27.5 Å². The molecule has 4 N–H and O–H groups in total. The molecule has 0 saturated heterocycles. The third kappa shape index (κ3) is 9.47. The highest BCUT2D eigenvalue weighted by Crippen LogP contribution is 2.23. The van der Waals surface area contributed by atoms with E-state index in [-0.39, 0.29) is 18.9 Å². The third-order valence-electron chi connectivity index (χ3n) is 6.15. The SMILES string of the molecule is C[C@@H](O)[C@@H]1NC(=O)CN(Cc2cccnc2)CCCOc2cccc(c2)-c2nccn2CCCNC1=O.O=CO. The van der Waals surface area contributed by atoms with Crippen LogP contribution in [-0.4, -0.2) is 86.3 Å². The van der Waals surface area contributed by atoms with Crippen LogP contribution in [0.1, 0.15) is 25.3 Å². The maximum atomic E-state index is 12.9. The maximum absolute atomic E-state index is 12.9. The van der Waals surface area contributed by atoms with Gasteiger partial charge in [-0.3, -0.25) is 24.3 Å². The van der Waals surface area contributed by atoms with E-state index in [1.165, 1.54) is 6.92 Å². The zero-order valence-corrected chi connectivity index (χ0v) is 22.5. The Labute approximate surface area is 233 Å². The Hall–Kier alpha value is -4.29. The molecule has 0 spiro atoms. The van der Waals surface area contributed by atoms with Crippen molar-refractivity contribution in [2.45, 2.75) is 45.0 Å². The van der Waals surface area contributed by atoms with Crippen molar-refractivity contribution in [3.63, 3.8) is 0 Å². The molecule has 12 heteroatoms. The summed E-state index contributed by atoms with van der Waals surface area (Å²) in [4.78, 5) is 44.7. The molecule has 2 amide bonds. The Kier molecular flexibility index (Phi) is 12.1. The molecule has 4 rings (SSSR count). The summed E-state index contributed by atoms with van der Waals surface area (Å²) in [5.74, 6) is 0.839. The van der Waals surface area contributed by atoms with Crippen LogP contribution < -0.4 is 15.4 Å². The third-order valence-corrected chi connectivity index (χ3v) is 6.15. The van der Waals surface area contributed by atoms with E-state index in [0.717, 1.165) is 22.7 Å². The van der Waals surface area contributed by atoms with Crippen molar-refractivity contribution in [3.8, 4) is 17.1 Å². The zero-order valence-electron chi connectivity index (χ0n) is 22.5. The van der Waals surface area contributed by atoms with Crippen molar-refractivity contribution in [3.05, 3.63) is 66.7 Å². The van der Waals surface area contributed by atoms with Gasteiger partial charge in [0.15, 0.2) is 0 Å². The van der Waals surface area contributed by atoms with Crippen LogP contribution >= 0.6 is 0 Å². The van der Waals surface area contributed by atoms with E-state index in [9.17, 15) is 14.7 Å². The lowest BCUT2D eigenvalue weighted by atomic mass is 10.1. The van der Waals surface area contributed by atoms with Gasteiger partial charge < -0.3 is 30.2 Å². The normalized spacial score (nSPS) is 18.1. The van der Waals surface area contributed by atoms with Gasteiger partial charge in [0.2, 0.25) is 11.8 Å². The van der Waals surface area contributed by atoms with Crippen LogP contribution in [0.4, 0.5) is 0 Å². The Morgan fingerprint density at radius 2 is 2.00 bits per heavy atom. The van der Waals surface area contributed by atoms with Crippen LogP contribution in [0.5, 0.6) is 5.75 Å². The van der Waals surface area contributed by atoms with Crippen LogP contribution in [0.15, 0.2) is 61.2 Å². The number of rotatable bonds is 3. The molecule has 0 saturated carbocycles. The number of ether oxygens (including phenoxy) is 1. The molecule has 3 aromatic rings. The molecule has 1 aliphatic rings. The van der Waals surface area contributed by atoms with Crippen molar-refractivity contribution in [1.29, 1.82) is 0 Å². The first kappa shape index (κ1) is 30.3. The summed E-state index contributed by atoms with van der Waals surface area (Å²) in [5, 5.41) is 22.6. The molecule has 2 bridgehead atoms. The van der Waals surface area contributed by atoms with Gasteiger partial charge in [0.1, 0.15) is 17.6 Å². The van der Waals surface area contributed by atoms with E-state index in [4.69, 9.17) is 14.6 Å². The number of nitrogens with one attached hydrogen (secondary N) is 2. The number of aryl methyl sites for hydroxylation is 1. The van der Waals surface area contributed by atoms with E-state index in [1.54, 1.807) is 18.6 Å². The molecule has 0 fully saturated rings. The number of aliphatic hydroxyl groups is 1. The fraction of sp³-hybridized carbons (Fsp3) is 0.393. The van der Waals surface area contributed by atoms with Crippen molar-refractivity contribution < 1.29 is 29.3 Å². The molecule has 0 radical (unpaired) electrons. The van der Waals surface area contributed by atoms with Crippen molar-refractivity contribution in [2.24, 2.45) is 0 Å². The number of pyridine rings is 1. The minimum absolute atomic E-state index is 0.0714. The highest BCUT2D eigenvalue weighted by molar-refractivity contribution is 5.88. The lowest BCUT2D eigenvalue weighted by Crippen LogP contribution is -2.54. The van der Waals surface area contributed by atoms with E-state index < -0.39 is 18.1 Å². The minimum Gasteiger partial charge on any atom is -0.494 e. The van der Waals surface area contributed by atoms with Crippen molar-refractivity contribution in [1.82, 2.24) is 30.1 Å². The number of fused-ring (bicyclic) bond motifs is 4. The number of carbonyl (C=O) groups excluding carboxylic acids is 2. The summed E-state index contributed by atoms with van der Waals surface area (Å²) in [6.45, 7) is 3.95. The minimum atomic E-state index is -1.04. The van der Waals surface area contributed by atoms with Crippen LogP contribution in [0.25, 0.3) is 11.4 Å². The summed E-state index contributed by atoms with van der Waals surface area (Å²) >= 11 is 0. The average molecular weight is 553 g/mol. The molecule has 214 valence electrons. The Morgan fingerprint density at radius 1 is 1.18 bits per heavy atom. The van der Waals surface area contributed by atoms with Crippen molar-refractivity contribution in [2.75, 3.05) is 26.2 Å². The fourth-order valence-corrected chi connectivity index (χ4v) is 4.32. The predicted octanol–water partition coefficient (Wildman–Crippen LogP) is 1.30. The second kappa shape index (κ2) is 16.0. The van der Waals surface area contributed by atoms with Gasteiger partial charge in [0.25, 0.3) is 6.47 Å². The summed E-state index contributed by atoms with van der Waals surface area (Å²) in [5.41, 5.74) is 1.93. The number of carboxylic acid groups (broad SMARTS) is 1. The molecule has 40 heavy (non-hydrogen) atoms. The van der Waals surface area contributed by atoms with Gasteiger partial charge in [-0.05, 0) is 43.5 Å². The molecule has 2 aromatic heterocycles. The monoisotopic (exact) mass is 552 g/mol. The fourth-order valence-electron chi connectivity index (χ4n) is 4.32. The largest absolute Gasteiger partial charge is 0.494 e. The van der Waals surface area contributed by atoms with Gasteiger partial charge in [-0.15, -0.1) is 0 Å². The summed E-state index contributed by atoms with van der Waals surface area (Å²) in [6.07, 6.45) is 7.44. The summed E-state index contributed by atoms with van der Waals surface area (Å²) in [7, 11) is 0. The second-order valence-corrected chi connectivity index (χ2v) is 9.28. The molecular formula is C28H36N6O6. The number of aromatic nitrogens is 3. The van der Waals surface area contributed by atoms with Gasteiger partial charge >= 0.3 is 0 Å². The number of hydrogen-bond acceptors (Lipinski definition) is 8. The Bertz CT molecular complexity index is 1220. The Balaban J connectivity index is 0.00000141. The van der Waals surface area contributed by atoms with Crippen LogP contribution in [0.2, 0.25) is 0 Å². The van der Waals surface area contributed by atoms with E-state index in [1.807, 2.05) is 52.1 Å². The number of aliphatic hydroxyl groups excluding tert-OH is 1. The highest BCUT2D eigenvalue weighted by Gasteiger charge is 2.26. The quantitative estimate of drug-likeness (QED) is 0.351. The highest BCUT2D eigenvalue weighted by atomic mass is 16.5. The standard InChI is InChI=1S/C27H34N6O4.CH2O2/c1-20(34)25-27(36)30-10-4-13-33-14-11-29-26(33)22-7-2-8-23(16-22)37-15-5-12-32(19-24(35)31-25)18-21-6-3-9-28-17-21;2-1-3/h2-3,6-9,11,14,16-17,20,25,34H,4-5,10,12-13,15,18-19H2,1H3,(H,30,36)(H,31,35);1H,(H,2,3)/t20-,25+;/m1./s1. The number of imidazole rings is 1. The number of carbonyl (C=O) groups is 3. The van der Waals surface area contributed by atoms with Gasteiger partial charge in [-0.2, -0.15) is 0 Å². The van der Waals surface area contributed by atoms with Crippen LogP contribution in [0.3, 0.4) is 0 Å². The van der Waals surface area contributed by atoms with Gasteiger partial charge in [-0.1, -0.05) is 18.2 Å². The van der Waals surface area contributed by atoms with Gasteiger partial charge in [-0.25, -0.2) is 4.98 Å². The van der Waals surface area contributed by atoms with E-state index >= 15 is 0 Å². The number of nitrogens with zero attached hydrogens (tertiary/aromatic N) is 4.